The average Bonchev–Trinajstić information content (AvgIpc) is 3.08. The fourth-order valence-corrected chi connectivity index (χ4v) is 1.89. The van der Waals surface area contributed by atoms with E-state index in [9.17, 15) is 33.9 Å². The van der Waals surface area contributed by atoms with Crippen LogP contribution in [0.1, 0.15) is 25.7 Å². The van der Waals surface area contributed by atoms with E-state index in [0.29, 0.717) is 0 Å². The Labute approximate surface area is 145 Å². The highest BCUT2D eigenvalue weighted by Crippen LogP contribution is 2.13. The first-order valence-electron chi connectivity index (χ1n) is 7.37. The second-order valence-corrected chi connectivity index (χ2v) is 5.12. The summed E-state index contributed by atoms with van der Waals surface area (Å²) in [7, 11) is 0. The molecule has 13 nitrogen and oxygen atoms in total. The number of aliphatic hydroxyl groups is 1. The van der Waals surface area contributed by atoms with Gasteiger partial charge in [-0.05, 0) is 0 Å². The molecule has 4 amide bonds. The zero-order valence-corrected chi connectivity index (χ0v) is 13.2. The standard InChI is InChI=1S/C13H14N2O11/c16-7(5-23-12(21)25-14-8(17)1-2-9(14)18)6-24-13(22)26-15-10(19)3-4-11(15)20/h7,16H,1-6H2. The van der Waals surface area contributed by atoms with Crippen molar-refractivity contribution >= 4 is 35.9 Å². The van der Waals surface area contributed by atoms with Gasteiger partial charge in [0.25, 0.3) is 23.6 Å². The fourth-order valence-electron chi connectivity index (χ4n) is 1.89. The lowest BCUT2D eigenvalue weighted by Gasteiger charge is -2.15. The van der Waals surface area contributed by atoms with Crippen LogP contribution in [0.15, 0.2) is 0 Å². The Kier molecular flexibility index (Phi) is 6.06. The number of nitrogens with zero attached hydrogens (tertiary/aromatic N) is 2. The predicted molar refractivity (Wildman–Crippen MR) is 73.0 cm³/mol. The number of aliphatic hydroxyl groups excluding tert-OH is 1. The summed E-state index contributed by atoms with van der Waals surface area (Å²) in [6.07, 6.45) is -4.68. The van der Waals surface area contributed by atoms with Crippen molar-refractivity contribution in [3.8, 4) is 0 Å². The molecular weight excluding hydrogens is 360 g/mol. The van der Waals surface area contributed by atoms with Gasteiger partial charge in [0.1, 0.15) is 19.3 Å². The van der Waals surface area contributed by atoms with Gasteiger partial charge in [-0.15, -0.1) is 0 Å². The van der Waals surface area contributed by atoms with Gasteiger partial charge in [-0.25, -0.2) is 9.59 Å². The number of hydrogen-bond donors (Lipinski definition) is 1. The third kappa shape index (κ3) is 4.89. The fraction of sp³-hybridized carbons (Fsp3) is 0.538. The quantitative estimate of drug-likeness (QED) is 0.437. The van der Waals surface area contributed by atoms with E-state index in [2.05, 4.69) is 19.1 Å². The molecule has 0 aliphatic carbocycles. The van der Waals surface area contributed by atoms with E-state index in [1.165, 1.54) is 0 Å². The largest absolute Gasteiger partial charge is 0.534 e. The number of hydroxylamine groups is 4. The Hall–Kier alpha value is -3.22. The van der Waals surface area contributed by atoms with Crippen LogP contribution in [0.25, 0.3) is 0 Å². The molecule has 0 unspecified atom stereocenters. The molecule has 13 heteroatoms. The summed E-state index contributed by atoms with van der Waals surface area (Å²) in [5, 5.41) is 10.0. The van der Waals surface area contributed by atoms with Crippen molar-refractivity contribution in [1.29, 1.82) is 0 Å². The number of hydrogen-bond acceptors (Lipinski definition) is 11. The summed E-state index contributed by atoms with van der Waals surface area (Å²) in [5.41, 5.74) is 0. The van der Waals surface area contributed by atoms with E-state index < -0.39 is 55.3 Å². The average molecular weight is 374 g/mol. The smallest absolute Gasteiger partial charge is 0.430 e. The highest BCUT2D eigenvalue weighted by molar-refractivity contribution is 6.01. The van der Waals surface area contributed by atoms with Crippen molar-refractivity contribution in [3.05, 3.63) is 0 Å². The Morgan fingerprint density at radius 2 is 1.08 bits per heavy atom. The summed E-state index contributed by atoms with van der Waals surface area (Å²) >= 11 is 0. The van der Waals surface area contributed by atoms with Gasteiger partial charge in [-0.2, -0.15) is 0 Å². The summed E-state index contributed by atoms with van der Waals surface area (Å²) < 4.78 is 8.91. The minimum Gasteiger partial charge on any atom is -0.430 e. The second-order valence-electron chi connectivity index (χ2n) is 5.12. The molecule has 2 saturated heterocycles. The molecule has 2 heterocycles. The zero-order chi connectivity index (χ0) is 19.3. The van der Waals surface area contributed by atoms with Gasteiger partial charge >= 0.3 is 12.3 Å². The van der Waals surface area contributed by atoms with Crippen LogP contribution in [0, 0.1) is 0 Å². The van der Waals surface area contributed by atoms with Gasteiger partial charge in [0.05, 0.1) is 0 Å². The highest BCUT2D eigenvalue weighted by Gasteiger charge is 2.34. The minimum absolute atomic E-state index is 0.0906. The molecule has 0 aromatic rings. The normalized spacial score (nSPS) is 17.2. The zero-order valence-electron chi connectivity index (χ0n) is 13.2. The van der Waals surface area contributed by atoms with Gasteiger partial charge in [-0.3, -0.25) is 28.9 Å². The lowest BCUT2D eigenvalue weighted by Crippen LogP contribution is -2.35. The van der Waals surface area contributed by atoms with E-state index in [4.69, 9.17) is 0 Å². The first kappa shape index (κ1) is 19.1. The molecule has 0 spiro atoms. The van der Waals surface area contributed by atoms with Gasteiger partial charge in [0.15, 0.2) is 0 Å². The molecule has 0 atom stereocenters. The van der Waals surface area contributed by atoms with Gasteiger partial charge < -0.3 is 14.6 Å². The SMILES string of the molecule is O=C(OCC(O)COC(=O)ON1C(=O)CCC1=O)ON1C(=O)CCC1=O. The van der Waals surface area contributed by atoms with E-state index >= 15 is 0 Å². The maximum atomic E-state index is 11.3. The Morgan fingerprint density at radius 1 is 0.769 bits per heavy atom. The van der Waals surface area contributed by atoms with Crippen LogP contribution in [0.5, 0.6) is 0 Å². The number of rotatable bonds is 6. The Morgan fingerprint density at radius 3 is 1.38 bits per heavy atom. The lowest BCUT2D eigenvalue weighted by atomic mass is 10.4. The van der Waals surface area contributed by atoms with Crippen molar-refractivity contribution in [1.82, 2.24) is 10.1 Å². The molecule has 2 aliphatic rings. The maximum Gasteiger partial charge on any atom is 0.534 e. The third-order valence-corrected chi connectivity index (χ3v) is 3.13. The maximum absolute atomic E-state index is 11.3. The molecule has 26 heavy (non-hydrogen) atoms. The number of amides is 4. The van der Waals surface area contributed by atoms with Gasteiger partial charge in [0, 0.05) is 25.7 Å². The molecule has 2 fully saturated rings. The van der Waals surface area contributed by atoms with Crippen molar-refractivity contribution in [2.24, 2.45) is 0 Å². The summed E-state index contributed by atoms with van der Waals surface area (Å²) in [6, 6.07) is 0. The van der Waals surface area contributed by atoms with Crippen LogP contribution in [0.3, 0.4) is 0 Å². The Bertz CT molecular complexity index is 560. The first-order chi connectivity index (χ1) is 12.3. The highest BCUT2D eigenvalue weighted by atomic mass is 16.8. The predicted octanol–water partition coefficient (Wildman–Crippen LogP) is -1.22. The number of carbonyl (C=O) groups is 6. The van der Waals surface area contributed by atoms with Crippen LogP contribution in [-0.4, -0.2) is 70.5 Å². The molecule has 2 rings (SSSR count). The first-order valence-corrected chi connectivity index (χ1v) is 7.37. The molecule has 142 valence electrons. The van der Waals surface area contributed by atoms with E-state index in [-0.39, 0.29) is 35.8 Å². The molecule has 2 aliphatic heterocycles. The summed E-state index contributed by atoms with van der Waals surface area (Å²) in [4.78, 5) is 76.3. The summed E-state index contributed by atoms with van der Waals surface area (Å²) in [5.74, 6) is -2.82. The van der Waals surface area contributed by atoms with E-state index in [0.717, 1.165) is 0 Å². The molecule has 0 aromatic carbocycles. The van der Waals surface area contributed by atoms with Crippen LogP contribution in [-0.2, 0) is 38.3 Å². The number of ether oxygens (including phenoxy) is 2. The molecule has 1 N–H and O–H groups in total. The van der Waals surface area contributed by atoms with Crippen molar-refractivity contribution in [2.45, 2.75) is 31.8 Å². The lowest BCUT2D eigenvalue weighted by molar-refractivity contribution is -0.178. The van der Waals surface area contributed by atoms with E-state index in [1.807, 2.05) is 0 Å². The van der Waals surface area contributed by atoms with Crippen molar-refractivity contribution in [3.63, 3.8) is 0 Å². The van der Waals surface area contributed by atoms with Crippen LogP contribution in [0.2, 0.25) is 0 Å². The van der Waals surface area contributed by atoms with Crippen LogP contribution >= 0.6 is 0 Å². The minimum atomic E-state index is -1.50. The third-order valence-electron chi connectivity index (χ3n) is 3.13. The monoisotopic (exact) mass is 374 g/mol. The number of imide groups is 2. The number of carbonyl (C=O) groups excluding carboxylic acids is 6. The molecule has 0 aromatic heterocycles. The Balaban J connectivity index is 1.64. The molecule has 0 radical (unpaired) electrons. The van der Waals surface area contributed by atoms with Crippen molar-refractivity contribution in [2.75, 3.05) is 13.2 Å². The molecule has 0 bridgehead atoms. The topological polar surface area (TPSA) is 166 Å². The van der Waals surface area contributed by atoms with Crippen LogP contribution in [0.4, 0.5) is 9.59 Å². The van der Waals surface area contributed by atoms with Gasteiger partial charge in [0.2, 0.25) is 0 Å². The molecule has 0 saturated carbocycles. The van der Waals surface area contributed by atoms with Gasteiger partial charge in [-0.1, -0.05) is 10.1 Å². The van der Waals surface area contributed by atoms with E-state index in [1.54, 1.807) is 0 Å². The summed E-state index contributed by atoms with van der Waals surface area (Å²) in [6.45, 7) is -1.38. The molecular formula is C13H14N2O11. The second kappa shape index (κ2) is 8.24. The van der Waals surface area contributed by atoms with Crippen LogP contribution < -0.4 is 0 Å². The van der Waals surface area contributed by atoms with Crippen molar-refractivity contribution < 1.29 is 53.0 Å².